The lowest BCUT2D eigenvalue weighted by Gasteiger charge is -2.33. The Labute approximate surface area is 161 Å². The Morgan fingerprint density at radius 2 is 1.62 bits per heavy atom. The van der Waals surface area contributed by atoms with Crippen molar-refractivity contribution < 1.29 is 4.52 Å². The van der Waals surface area contributed by atoms with E-state index in [0.717, 1.165) is 42.8 Å². The van der Waals surface area contributed by atoms with Gasteiger partial charge in [-0.1, -0.05) is 63.6 Å². The van der Waals surface area contributed by atoms with E-state index in [0.29, 0.717) is 18.3 Å². The van der Waals surface area contributed by atoms with Gasteiger partial charge in [0.2, 0.25) is 11.7 Å². The molecule has 1 aliphatic heterocycles. The second-order valence-electron chi connectivity index (χ2n) is 6.56. The van der Waals surface area contributed by atoms with Crippen LogP contribution in [-0.2, 0) is 13.1 Å². The molecule has 0 saturated carbocycles. The third kappa shape index (κ3) is 4.38. The van der Waals surface area contributed by atoms with Crippen LogP contribution >= 0.6 is 15.9 Å². The van der Waals surface area contributed by atoms with Crippen LogP contribution in [0.3, 0.4) is 0 Å². The first-order chi connectivity index (χ1) is 12.8. The predicted octanol–water partition coefficient (Wildman–Crippen LogP) is 3.82. The van der Waals surface area contributed by atoms with Crippen molar-refractivity contribution in [1.29, 1.82) is 0 Å². The van der Waals surface area contributed by atoms with E-state index in [9.17, 15) is 0 Å². The molecule has 2 heterocycles. The lowest BCUT2D eigenvalue weighted by molar-refractivity contribution is 0.112. The molecule has 26 heavy (non-hydrogen) atoms. The van der Waals surface area contributed by atoms with Crippen molar-refractivity contribution in [3.05, 3.63) is 70.5 Å². The molecule has 6 heteroatoms. The van der Waals surface area contributed by atoms with Crippen molar-refractivity contribution in [3.63, 3.8) is 0 Å². The number of hydrogen-bond acceptors (Lipinski definition) is 5. The van der Waals surface area contributed by atoms with Crippen LogP contribution in [0, 0.1) is 0 Å². The molecule has 1 saturated heterocycles. The summed E-state index contributed by atoms with van der Waals surface area (Å²) in [6.07, 6.45) is 0. The molecule has 4 rings (SSSR count). The summed E-state index contributed by atoms with van der Waals surface area (Å²) in [4.78, 5) is 9.42. The van der Waals surface area contributed by atoms with Gasteiger partial charge >= 0.3 is 0 Å². The SMILES string of the molecule is Brc1cccc(-c2noc(CN3CCN(Cc4ccccc4)CC3)n2)c1. The Morgan fingerprint density at radius 1 is 0.885 bits per heavy atom. The monoisotopic (exact) mass is 412 g/mol. The molecule has 3 aromatic rings. The van der Waals surface area contributed by atoms with Gasteiger partial charge in [-0.3, -0.25) is 9.80 Å². The van der Waals surface area contributed by atoms with Crippen molar-refractivity contribution in [2.24, 2.45) is 0 Å². The summed E-state index contributed by atoms with van der Waals surface area (Å²) >= 11 is 3.48. The topological polar surface area (TPSA) is 45.4 Å². The highest BCUT2D eigenvalue weighted by Gasteiger charge is 2.19. The van der Waals surface area contributed by atoms with Crippen LogP contribution in [0.25, 0.3) is 11.4 Å². The van der Waals surface area contributed by atoms with Crippen molar-refractivity contribution in [2.45, 2.75) is 13.1 Å². The lowest BCUT2D eigenvalue weighted by atomic mass is 10.2. The van der Waals surface area contributed by atoms with E-state index in [1.165, 1.54) is 5.56 Å². The summed E-state index contributed by atoms with van der Waals surface area (Å²) in [7, 11) is 0. The number of hydrogen-bond donors (Lipinski definition) is 0. The molecule has 0 radical (unpaired) electrons. The van der Waals surface area contributed by atoms with Gasteiger partial charge in [-0.15, -0.1) is 0 Å². The summed E-state index contributed by atoms with van der Waals surface area (Å²) in [5.74, 6) is 1.32. The molecule has 0 amide bonds. The van der Waals surface area contributed by atoms with Crippen LogP contribution in [-0.4, -0.2) is 46.1 Å². The lowest BCUT2D eigenvalue weighted by Crippen LogP contribution is -2.45. The number of rotatable bonds is 5. The van der Waals surface area contributed by atoms with Gasteiger partial charge in [0, 0.05) is 42.8 Å². The minimum absolute atomic E-state index is 0.643. The zero-order chi connectivity index (χ0) is 17.8. The van der Waals surface area contributed by atoms with Gasteiger partial charge in [0.25, 0.3) is 0 Å². The summed E-state index contributed by atoms with van der Waals surface area (Å²) in [6.45, 7) is 5.87. The molecule has 0 bridgehead atoms. The molecule has 2 aromatic carbocycles. The van der Waals surface area contributed by atoms with E-state index in [1.807, 2.05) is 24.3 Å². The van der Waals surface area contributed by atoms with E-state index >= 15 is 0 Å². The molecular formula is C20H21BrN4O. The maximum absolute atomic E-state index is 5.45. The van der Waals surface area contributed by atoms with E-state index < -0.39 is 0 Å². The first kappa shape index (κ1) is 17.4. The van der Waals surface area contributed by atoms with Crippen molar-refractivity contribution in [1.82, 2.24) is 19.9 Å². The van der Waals surface area contributed by atoms with Crippen LogP contribution in [0.4, 0.5) is 0 Å². The number of aromatic nitrogens is 2. The van der Waals surface area contributed by atoms with Crippen molar-refractivity contribution in [3.8, 4) is 11.4 Å². The molecule has 0 aliphatic carbocycles. The van der Waals surface area contributed by atoms with Crippen LogP contribution in [0.5, 0.6) is 0 Å². The fraction of sp³-hybridized carbons (Fsp3) is 0.300. The number of benzene rings is 2. The Balaban J connectivity index is 1.31. The van der Waals surface area contributed by atoms with Crippen LogP contribution in [0.15, 0.2) is 63.6 Å². The maximum atomic E-state index is 5.45. The quantitative estimate of drug-likeness (QED) is 0.637. The maximum Gasteiger partial charge on any atom is 0.241 e. The molecule has 1 aliphatic rings. The molecule has 0 spiro atoms. The summed E-state index contributed by atoms with van der Waals surface area (Å²) < 4.78 is 6.46. The predicted molar refractivity (Wildman–Crippen MR) is 104 cm³/mol. The Hall–Kier alpha value is -2.02. The van der Waals surface area contributed by atoms with Gasteiger partial charge in [-0.2, -0.15) is 4.98 Å². The van der Waals surface area contributed by atoms with Crippen molar-refractivity contribution >= 4 is 15.9 Å². The molecule has 0 atom stereocenters. The molecule has 1 fully saturated rings. The van der Waals surface area contributed by atoms with Gasteiger partial charge in [-0.25, -0.2) is 0 Å². The van der Waals surface area contributed by atoms with Gasteiger partial charge in [-0.05, 0) is 17.7 Å². The second-order valence-corrected chi connectivity index (χ2v) is 7.48. The van der Waals surface area contributed by atoms with Crippen LogP contribution < -0.4 is 0 Å². The normalized spacial score (nSPS) is 16.0. The summed E-state index contributed by atoms with van der Waals surface area (Å²) in [5.41, 5.74) is 2.33. The summed E-state index contributed by atoms with van der Waals surface area (Å²) in [5, 5.41) is 4.12. The average Bonchev–Trinajstić information content (AvgIpc) is 3.13. The first-order valence-electron chi connectivity index (χ1n) is 8.83. The fourth-order valence-electron chi connectivity index (χ4n) is 3.20. The number of halogens is 1. The van der Waals surface area contributed by atoms with Crippen LogP contribution in [0.2, 0.25) is 0 Å². The molecule has 134 valence electrons. The van der Waals surface area contributed by atoms with E-state index in [1.54, 1.807) is 0 Å². The highest BCUT2D eigenvalue weighted by Crippen LogP contribution is 2.21. The third-order valence-electron chi connectivity index (χ3n) is 4.62. The zero-order valence-corrected chi connectivity index (χ0v) is 16.1. The minimum atomic E-state index is 0.643. The van der Waals surface area contributed by atoms with Gasteiger partial charge in [0.1, 0.15) is 0 Å². The summed E-state index contributed by atoms with van der Waals surface area (Å²) in [6, 6.07) is 18.6. The molecule has 0 unspecified atom stereocenters. The standard InChI is InChI=1S/C20H21BrN4O/c21-18-8-4-7-17(13-18)20-22-19(26-23-20)15-25-11-9-24(10-12-25)14-16-5-2-1-3-6-16/h1-8,13H,9-12,14-15H2. The minimum Gasteiger partial charge on any atom is -0.338 e. The van der Waals surface area contributed by atoms with E-state index in [4.69, 9.17) is 4.52 Å². The Morgan fingerprint density at radius 3 is 2.35 bits per heavy atom. The number of piperazine rings is 1. The molecule has 0 N–H and O–H groups in total. The Kier molecular flexibility index (Phi) is 5.43. The highest BCUT2D eigenvalue weighted by atomic mass is 79.9. The molecular weight excluding hydrogens is 392 g/mol. The first-order valence-corrected chi connectivity index (χ1v) is 9.63. The number of nitrogens with zero attached hydrogens (tertiary/aromatic N) is 4. The fourth-order valence-corrected chi connectivity index (χ4v) is 3.60. The molecule has 5 nitrogen and oxygen atoms in total. The largest absolute Gasteiger partial charge is 0.338 e. The van der Waals surface area contributed by atoms with E-state index in [2.05, 4.69) is 66.2 Å². The Bertz CT molecular complexity index is 844. The second kappa shape index (κ2) is 8.12. The van der Waals surface area contributed by atoms with Crippen LogP contribution in [0.1, 0.15) is 11.5 Å². The molecule has 1 aromatic heterocycles. The van der Waals surface area contributed by atoms with Crippen molar-refractivity contribution in [2.75, 3.05) is 26.2 Å². The van der Waals surface area contributed by atoms with Gasteiger partial charge < -0.3 is 4.52 Å². The average molecular weight is 413 g/mol. The highest BCUT2D eigenvalue weighted by molar-refractivity contribution is 9.10. The third-order valence-corrected chi connectivity index (χ3v) is 5.12. The van der Waals surface area contributed by atoms with Gasteiger partial charge in [0.15, 0.2) is 0 Å². The van der Waals surface area contributed by atoms with Gasteiger partial charge in [0.05, 0.1) is 6.54 Å². The zero-order valence-electron chi connectivity index (χ0n) is 14.5. The smallest absolute Gasteiger partial charge is 0.241 e. The van der Waals surface area contributed by atoms with E-state index in [-0.39, 0.29) is 0 Å².